The highest BCUT2D eigenvalue weighted by molar-refractivity contribution is 7.16. The van der Waals surface area contributed by atoms with Crippen LogP contribution in [0, 0.1) is 6.92 Å². The minimum atomic E-state index is -4.55. The molecule has 1 aliphatic rings. The second-order valence-corrected chi connectivity index (χ2v) is 7.94. The Morgan fingerprint density at radius 2 is 1.97 bits per heavy atom. The van der Waals surface area contributed by atoms with Gasteiger partial charge in [-0.3, -0.25) is 4.79 Å². The van der Waals surface area contributed by atoms with Crippen molar-refractivity contribution < 1.29 is 22.7 Å². The van der Waals surface area contributed by atoms with Gasteiger partial charge < -0.3 is 15.0 Å². The fraction of sp³-hybridized carbons (Fsp3) is 0.300. The smallest absolute Gasteiger partial charge is 0.378 e. The number of morpholine rings is 1. The van der Waals surface area contributed by atoms with E-state index in [1.54, 1.807) is 23.2 Å². The van der Waals surface area contributed by atoms with Crippen LogP contribution in [0.15, 0.2) is 36.7 Å². The molecular formula is C20H18F3N5O2S. The minimum absolute atomic E-state index is 0.136. The van der Waals surface area contributed by atoms with Gasteiger partial charge in [-0.1, -0.05) is 6.07 Å². The Bertz CT molecular complexity index is 1100. The van der Waals surface area contributed by atoms with Crippen LogP contribution in [0.4, 0.5) is 24.8 Å². The number of ether oxygens (including phenoxy) is 1. The van der Waals surface area contributed by atoms with Gasteiger partial charge in [-0.25, -0.2) is 15.0 Å². The summed E-state index contributed by atoms with van der Waals surface area (Å²) in [6, 6.07) is 6.26. The minimum Gasteiger partial charge on any atom is -0.378 e. The van der Waals surface area contributed by atoms with Gasteiger partial charge in [0.2, 0.25) is 5.95 Å². The van der Waals surface area contributed by atoms with Gasteiger partial charge in [-0.15, -0.1) is 11.3 Å². The van der Waals surface area contributed by atoms with Gasteiger partial charge in [-0.05, 0) is 36.2 Å². The monoisotopic (exact) mass is 449 g/mol. The predicted molar refractivity (Wildman–Crippen MR) is 109 cm³/mol. The Labute approximate surface area is 179 Å². The first-order valence-electron chi connectivity index (χ1n) is 9.42. The number of anilines is 2. The van der Waals surface area contributed by atoms with Gasteiger partial charge in [0.05, 0.1) is 18.1 Å². The molecule has 7 nitrogen and oxygen atoms in total. The molecule has 0 aliphatic carbocycles. The molecule has 1 aliphatic heterocycles. The highest BCUT2D eigenvalue weighted by Crippen LogP contribution is 2.32. The number of halogens is 3. The van der Waals surface area contributed by atoms with Crippen molar-refractivity contribution in [3.8, 4) is 10.4 Å². The predicted octanol–water partition coefficient (Wildman–Crippen LogP) is 4.14. The van der Waals surface area contributed by atoms with Crippen LogP contribution < -0.4 is 5.32 Å². The normalized spacial score (nSPS) is 14.5. The summed E-state index contributed by atoms with van der Waals surface area (Å²) in [7, 11) is 0. The third kappa shape index (κ3) is 5.00. The number of carbonyl (C=O) groups is 1. The number of hydrogen-bond donors (Lipinski definition) is 1. The van der Waals surface area contributed by atoms with E-state index in [-0.39, 0.29) is 11.9 Å². The molecule has 0 saturated carbocycles. The zero-order valence-electron chi connectivity index (χ0n) is 16.4. The lowest BCUT2D eigenvalue weighted by atomic mass is 10.1. The SMILES string of the molecule is Cc1cc(Nc2nccc(C(F)(F)F)n2)cc(-c2cnc(C(=O)N3CCOCC3)s2)c1. The van der Waals surface area contributed by atoms with Crippen LogP contribution in [0.25, 0.3) is 10.4 Å². The Hall–Kier alpha value is -3.05. The average Bonchev–Trinajstić information content (AvgIpc) is 3.23. The van der Waals surface area contributed by atoms with Crippen molar-refractivity contribution in [1.29, 1.82) is 0 Å². The average molecular weight is 449 g/mol. The number of benzene rings is 1. The molecule has 162 valence electrons. The van der Waals surface area contributed by atoms with Crippen LogP contribution in [-0.2, 0) is 10.9 Å². The van der Waals surface area contributed by atoms with Gasteiger partial charge in [0.15, 0.2) is 5.01 Å². The third-order valence-corrected chi connectivity index (χ3v) is 5.59. The molecule has 0 unspecified atom stereocenters. The fourth-order valence-electron chi connectivity index (χ4n) is 3.11. The molecule has 11 heteroatoms. The molecular weight excluding hydrogens is 431 g/mol. The summed E-state index contributed by atoms with van der Waals surface area (Å²) in [5.74, 6) is -0.290. The van der Waals surface area contributed by atoms with Crippen LogP contribution >= 0.6 is 11.3 Å². The number of nitrogens with one attached hydrogen (secondary N) is 1. The van der Waals surface area contributed by atoms with Crippen LogP contribution in [0.1, 0.15) is 21.1 Å². The fourth-order valence-corrected chi connectivity index (χ4v) is 3.98. The van der Waals surface area contributed by atoms with Crippen molar-refractivity contribution >= 4 is 28.9 Å². The van der Waals surface area contributed by atoms with Crippen LogP contribution in [0.3, 0.4) is 0 Å². The Kier molecular flexibility index (Phi) is 5.88. The van der Waals surface area contributed by atoms with Crippen molar-refractivity contribution in [1.82, 2.24) is 19.9 Å². The summed E-state index contributed by atoms with van der Waals surface area (Å²) < 4.78 is 44.0. The van der Waals surface area contributed by atoms with E-state index in [2.05, 4.69) is 20.3 Å². The van der Waals surface area contributed by atoms with Gasteiger partial charge in [0, 0.05) is 31.2 Å². The number of aromatic nitrogens is 3. The molecule has 1 amide bonds. The molecule has 1 fully saturated rings. The summed E-state index contributed by atoms with van der Waals surface area (Å²) in [5, 5.41) is 3.21. The first kappa shape index (κ1) is 21.2. The molecule has 4 rings (SSSR count). The van der Waals surface area contributed by atoms with Crippen LogP contribution in [0.5, 0.6) is 0 Å². The van der Waals surface area contributed by atoms with Gasteiger partial charge in [-0.2, -0.15) is 13.2 Å². The molecule has 2 aromatic heterocycles. The van der Waals surface area contributed by atoms with E-state index in [1.807, 2.05) is 13.0 Å². The van der Waals surface area contributed by atoms with E-state index in [1.165, 1.54) is 11.3 Å². The summed E-state index contributed by atoms with van der Waals surface area (Å²) in [6.45, 7) is 3.94. The summed E-state index contributed by atoms with van der Waals surface area (Å²) in [5.41, 5.74) is 1.17. The molecule has 1 aromatic carbocycles. The highest BCUT2D eigenvalue weighted by atomic mass is 32.1. The maximum atomic E-state index is 12.9. The van der Waals surface area contributed by atoms with Crippen molar-refractivity contribution in [3.05, 3.63) is 52.9 Å². The Balaban J connectivity index is 1.56. The molecule has 31 heavy (non-hydrogen) atoms. The molecule has 0 atom stereocenters. The standard InChI is InChI=1S/C20H18F3N5O2S/c1-12-8-13(15-11-25-17(31-15)18(29)28-4-6-30-7-5-28)10-14(9-12)26-19-24-3-2-16(27-19)20(21,22)23/h2-3,8-11H,4-7H2,1H3,(H,24,26,27). The molecule has 1 saturated heterocycles. The number of thiazole rings is 1. The van der Waals surface area contributed by atoms with Crippen LogP contribution in [0.2, 0.25) is 0 Å². The van der Waals surface area contributed by atoms with Crippen molar-refractivity contribution in [2.45, 2.75) is 13.1 Å². The van der Waals surface area contributed by atoms with E-state index in [4.69, 9.17) is 4.74 Å². The lowest BCUT2D eigenvalue weighted by Gasteiger charge is -2.25. The Morgan fingerprint density at radius 1 is 1.19 bits per heavy atom. The lowest BCUT2D eigenvalue weighted by Crippen LogP contribution is -2.40. The van der Waals surface area contributed by atoms with E-state index in [0.717, 1.165) is 28.3 Å². The number of hydrogen-bond acceptors (Lipinski definition) is 7. The maximum Gasteiger partial charge on any atom is 0.433 e. The third-order valence-electron chi connectivity index (χ3n) is 4.55. The summed E-state index contributed by atoms with van der Waals surface area (Å²) >= 11 is 1.27. The number of alkyl halides is 3. The Morgan fingerprint density at radius 3 is 2.71 bits per heavy atom. The number of carbonyl (C=O) groups excluding carboxylic acids is 1. The largest absolute Gasteiger partial charge is 0.433 e. The number of nitrogens with zero attached hydrogens (tertiary/aromatic N) is 4. The second kappa shape index (κ2) is 8.60. The van der Waals surface area contributed by atoms with Gasteiger partial charge >= 0.3 is 6.18 Å². The summed E-state index contributed by atoms with van der Waals surface area (Å²) in [4.78, 5) is 26.8. The molecule has 3 heterocycles. The van der Waals surface area contributed by atoms with Gasteiger partial charge in [0.1, 0.15) is 5.69 Å². The number of rotatable bonds is 4. The molecule has 0 spiro atoms. The van der Waals surface area contributed by atoms with Crippen molar-refractivity contribution in [3.63, 3.8) is 0 Å². The molecule has 0 bridgehead atoms. The first-order chi connectivity index (χ1) is 14.8. The zero-order chi connectivity index (χ0) is 22.0. The molecule has 0 radical (unpaired) electrons. The quantitative estimate of drug-likeness (QED) is 0.645. The van der Waals surface area contributed by atoms with Crippen molar-refractivity contribution in [2.24, 2.45) is 0 Å². The lowest BCUT2D eigenvalue weighted by molar-refractivity contribution is -0.141. The number of amides is 1. The van der Waals surface area contributed by atoms with Crippen molar-refractivity contribution in [2.75, 3.05) is 31.6 Å². The number of aryl methyl sites for hydroxylation is 1. The zero-order valence-corrected chi connectivity index (χ0v) is 17.3. The summed E-state index contributed by atoms with van der Waals surface area (Å²) in [6.07, 6.45) is -1.87. The van der Waals surface area contributed by atoms with E-state index in [9.17, 15) is 18.0 Å². The maximum absolute atomic E-state index is 12.9. The second-order valence-electron chi connectivity index (χ2n) is 6.91. The molecule has 3 aromatic rings. The molecule has 1 N–H and O–H groups in total. The first-order valence-corrected chi connectivity index (χ1v) is 10.2. The van der Waals surface area contributed by atoms with E-state index < -0.39 is 11.9 Å². The van der Waals surface area contributed by atoms with E-state index in [0.29, 0.717) is 37.0 Å². The van der Waals surface area contributed by atoms with E-state index >= 15 is 0 Å². The topological polar surface area (TPSA) is 80.2 Å². The van der Waals surface area contributed by atoms with Crippen LogP contribution in [-0.4, -0.2) is 52.1 Å². The van der Waals surface area contributed by atoms with Gasteiger partial charge in [0.25, 0.3) is 5.91 Å². The highest BCUT2D eigenvalue weighted by Gasteiger charge is 2.32.